The van der Waals surface area contributed by atoms with Gasteiger partial charge in [-0.3, -0.25) is 4.79 Å². The number of benzene rings is 3. The summed E-state index contributed by atoms with van der Waals surface area (Å²) in [5, 5.41) is 2.88. The third kappa shape index (κ3) is 4.17. The van der Waals surface area contributed by atoms with Gasteiger partial charge in [0.2, 0.25) is 10.0 Å². The van der Waals surface area contributed by atoms with E-state index in [0.717, 1.165) is 23.0 Å². The molecule has 1 heterocycles. The topological polar surface area (TPSA) is 69.7 Å². The van der Waals surface area contributed by atoms with E-state index in [0.29, 0.717) is 5.69 Å². The molecule has 1 N–H and O–H groups in total. The van der Waals surface area contributed by atoms with Gasteiger partial charge in [0, 0.05) is 43.3 Å². The van der Waals surface area contributed by atoms with Crippen molar-refractivity contribution in [2.75, 3.05) is 30.9 Å². The van der Waals surface area contributed by atoms with E-state index in [1.807, 2.05) is 36.4 Å². The molecule has 8 heteroatoms. The van der Waals surface area contributed by atoms with Crippen molar-refractivity contribution in [1.29, 1.82) is 0 Å². The molecule has 6 nitrogen and oxygen atoms in total. The summed E-state index contributed by atoms with van der Waals surface area (Å²) in [6.07, 6.45) is 1.00. The molecule has 1 amide bonds. The number of halogens is 1. The van der Waals surface area contributed by atoms with Crippen LogP contribution in [-0.2, 0) is 16.4 Å². The molecule has 3 aromatic carbocycles. The van der Waals surface area contributed by atoms with Gasteiger partial charge in [-0.15, -0.1) is 0 Å². The summed E-state index contributed by atoms with van der Waals surface area (Å²) in [6.45, 7) is 0.916. The van der Waals surface area contributed by atoms with Crippen molar-refractivity contribution < 1.29 is 13.2 Å². The van der Waals surface area contributed by atoms with Crippen molar-refractivity contribution in [3.05, 3.63) is 82.9 Å². The van der Waals surface area contributed by atoms with E-state index in [4.69, 9.17) is 11.6 Å². The SMILES string of the molecule is CN(C)S(=O)(=O)c1cc(C(=O)Nc2ccc(N3CCc4ccccc43)cc2)ccc1Cl. The van der Waals surface area contributed by atoms with E-state index >= 15 is 0 Å². The number of rotatable bonds is 5. The minimum atomic E-state index is -3.76. The number of anilines is 3. The van der Waals surface area contributed by atoms with Gasteiger partial charge in [0.15, 0.2) is 0 Å². The smallest absolute Gasteiger partial charge is 0.255 e. The zero-order chi connectivity index (χ0) is 22.2. The second-order valence-electron chi connectivity index (χ2n) is 7.46. The highest BCUT2D eigenvalue weighted by atomic mass is 35.5. The van der Waals surface area contributed by atoms with Crippen molar-refractivity contribution in [3.63, 3.8) is 0 Å². The van der Waals surface area contributed by atoms with Crippen LogP contribution in [-0.4, -0.2) is 39.3 Å². The molecular formula is C23H22ClN3O3S. The molecule has 0 atom stereocenters. The number of nitrogens with one attached hydrogen (secondary N) is 1. The number of para-hydroxylation sites is 1. The summed E-state index contributed by atoms with van der Waals surface area (Å²) < 4.78 is 25.9. The van der Waals surface area contributed by atoms with Gasteiger partial charge in [-0.25, -0.2) is 12.7 Å². The fraction of sp³-hybridized carbons (Fsp3) is 0.174. The van der Waals surface area contributed by atoms with E-state index < -0.39 is 15.9 Å². The van der Waals surface area contributed by atoms with E-state index in [1.165, 1.54) is 43.5 Å². The van der Waals surface area contributed by atoms with E-state index in [1.54, 1.807) is 0 Å². The summed E-state index contributed by atoms with van der Waals surface area (Å²) in [5.74, 6) is -0.411. The molecule has 0 aliphatic carbocycles. The number of fused-ring (bicyclic) bond motifs is 1. The van der Waals surface area contributed by atoms with Gasteiger partial charge < -0.3 is 10.2 Å². The van der Waals surface area contributed by atoms with Crippen LogP contribution in [0.15, 0.2) is 71.6 Å². The van der Waals surface area contributed by atoms with Crippen molar-refractivity contribution in [3.8, 4) is 0 Å². The predicted molar refractivity (Wildman–Crippen MR) is 124 cm³/mol. The average Bonchev–Trinajstić information content (AvgIpc) is 3.18. The maximum absolute atomic E-state index is 12.7. The molecule has 160 valence electrons. The van der Waals surface area contributed by atoms with E-state index in [9.17, 15) is 13.2 Å². The molecule has 1 aliphatic heterocycles. The first-order chi connectivity index (χ1) is 14.8. The fourth-order valence-corrected chi connectivity index (χ4v) is 4.97. The quantitative estimate of drug-likeness (QED) is 0.613. The summed E-state index contributed by atoms with van der Waals surface area (Å²) in [4.78, 5) is 14.9. The molecule has 0 bridgehead atoms. The van der Waals surface area contributed by atoms with Gasteiger partial charge >= 0.3 is 0 Å². The second kappa shape index (κ2) is 8.34. The van der Waals surface area contributed by atoms with Gasteiger partial charge in [0.05, 0.1) is 5.02 Å². The number of sulfonamides is 1. The minimum Gasteiger partial charge on any atom is -0.341 e. The van der Waals surface area contributed by atoms with Gasteiger partial charge in [-0.05, 0) is 60.5 Å². The summed E-state index contributed by atoms with van der Waals surface area (Å²) in [5.41, 5.74) is 4.41. The fourth-order valence-electron chi connectivity index (χ4n) is 3.57. The Morgan fingerprint density at radius 3 is 2.45 bits per heavy atom. The molecule has 0 fully saturated rings. The third-order valence-electron chi connectivity index (χ3n) is 5.28. The Morgan fingerprint density at radius 1 is 1.03 bits per heavy atom. The van der Waals surface area contributed by atoms with Crippen molar-refractivity contribution >= 4 is 44.6 Å². The standard InChI is InChI=1S/C23H22ClN3O3S/c1-26(2)31(29,30)22-15-17(7-12-20(22)24)23(28)25-18-8-10-19(11-9-18)27-14-13-16-5-3-4-6-21(16)27/h3-12,15H,13-14H2,1-2H3,(H,25,28). The van der Waals surface area contributed by atoms with Gasteiger partial charge in [-0.2, -0.15) is 0 Å². The Balaban J connectivity index is 1.52. The average molecular weight is 456 g/mol. The zero-order valence-electron chi connectivity index (χ0n) is 17.2. The molecule has 0 aromatic heterocycles. The Labute approximate surface area is 187 Å². The maximum Gasteiger partial charge on any atom is 0.255 e. The van der Waals surface area contributed by atoms with Crippen LogP contribution in [0.1, 0.15) is 15.9 Å². The largest absolute Gasteiger partial charge is 0.341 e. The Morgan fingerprint density at radius 2 is 1.74 bits per heavy atom. The highest BCUT2D eigenvalue weighted by Crippen LogP contribution is 2.34. The molecule has 0 radical (unpaired) electrons. The minimum absolute atomic E-state index is 0.0699. The van der Waals surface area contributed by atoms with Crippen molar-refractivity contribution in [1.82, 2.24) is 4.31 Å². The van der Waals surface area contributed by atoms with Crippen molar-refractivity contribution in [2.45, 2.75) is 11.3 Å². The number of nitrogens with zero attached hydrogens (tertiary/aromatic N) is 2. The monoisotopic (exact) mass is 455 g/mol. The number of amides is 1. The Kier molecular flexibility index (Phi) is 5.75. The molecule has 0 saturated carbocycles. The maximum atomic E-state index is 12.7. The molecule has 4 rings (SSSR count). The highest BCUT2D eigenvalue weighted by molar-refractivity contribution is 7.89. The molecule has 0 unspecified atom stereocenters. The van der Waals surface area contributed by atoms with Gasteiger partial charge in [0.25, 0.3) is 5.91 Å². The molecule has 0 saturated heterocycles. The van der Waals surface area contributed by atoms with Crippen LogP contribution in [0.3, 0.4) is 0 Å². The number of hydrogen-bond acceptors (Lipinski definition) is 4. The first-order valence-electron chi connectivity index (χ1n) is 9.76. The lowest BCUT2D eigenvalue weighted by molar-refractivity contribution is 0.102. The van der Waals surface area contributed by atoms with Crippen LogP contribution >= 0.6 is 11.6 Å². The van der Waals surface area contributed by atoms with Crippen LogP contribution in [0.4, 0.5) is 17.1 Å². The number of hydrogen-bond donors (Lipinski definition) is 1. The lowest BCUT2D eigenvalue weighted by atomic mass is 10.2. The lowest BCUT2D eigenvalue weighted by Crippen LogP contribution is -2.23. The molecule has 0 spiro atoms. The summed E-state index contributed by atoms with van der Waals surface area (Å²) in [7, 11) is -0.929. The van der Waals surface area contributed by atoms with Gasteiger partial charge in [-0.1, -0.05) is 29.8 Å². The van der Waals surface area contributed by atoms with Crippen LogP contribution in [0.25, 0.3) is 0 Å². The van der Waals surface area contributed by atoms with Gasteiger partial charge in [0.1, 0.15) is 4.90 Å². The van der Waals surface area contributed by atoms with Crippen LogP contribution in [0.2, 0.25) is 5.02 Å². The Bertz CT molecular complexity index is 1240. The molecule has 31 heavy (non-hydrogen) atoms. The van der Waals surface area contributed by atoms with Crippen LogP contribution < -0.4 is 10.2 Å². The highest BCUT2D eigenvalue weighted by Gasteiger charge is 2.23. The van der Waals surface area contributed by atoms with E-state index in [2.05, 4.69) is 22.3 Å². The van der Waals surface area contributed by atoms with Crippen molar-refractivity contribution in [2.24, 2.45) is 0 Å². The predicted octanol–water partition coefficient (Wildman–Crippen LogP) is 4.54. The first kappa shape index (κ1) is 21.4. The second-order valence-corrected chi connectivity index (χ2v) is 9.99. The van der Waals surface area contributed by atoms with Crippen LogP contribution in [0.5, 0.6) is 0 Å². The Hall–Kier alpha value is -2.87. The lowest BCUT2D eigenvalue weighted by Gasteiger charge is -2.20. The molecule has 1 aliphatic rings. The molecule has 3 aromatic rings. The molecular weight excluding hydrogens is 434 g/mol. The normalized spacial score (nSPS) is 13.4. The summed E-state index contributed by atoms with van der Waals surface area (Å²) >= 11 is 6.06. The zero-order valence-corrected chi connectivity index (χ0v) is 18.7. The first-order valence-corrected chi connectivity index (χ1v) is 11.6. The third-order valence-corrected chi connectivity index (χ3v) is 7.57. The summed E-state index contributed by atoms with van der Waals surface area (Å²) in [6, 6.07) is 20.1. The van der Waals surface area contributed by atoms with E-state index in [-0.39, 0.29) is 15.5 Å². The number of carbonyl (C=O) groups is 1. The van der Waals surface area contributed by atoms with Crippen LogP contribution in [0, 0.1) is 0 Å². The number of carbonyl (C=O) groups excluding carboxylic acids is 1.